The number of thiophene rings is 1. The fourth-order valence-corrected chi connectivity index (χ4v) is 6.30. The first-order valence-electron chi connectivity index (χ1n) is 11.8. The van der Waals surface area contributed by atoms with E-state index in [1.54, 1.807) is 18.4 Å². The summed E-state index contributed by atoms with van der Waals surface area (Å²) in [5.74, 6) is 0.530. The van der Waals surface area contributed by atoms with Crippen molar-refractivity contribution in [2.24, 2.45) is 5.92 Å². The first kappa shape index (κ1) is 22.3. The van der Waals surface area contributed by atoms with E-state index >= 15 is 0 Å². The highest BCUT2D eigenvalue weighted by molar-refractivity contribution is 7.21. The van der Waals surface area contributed by atoms with Gasteiger partial charge in [0.05, 0.1) is 11.5 Å². The maximum Gasteiger partial charge on any atom is 0.261 e. The van der Waals surface area contributed by atoms with E-state index in [0.29, 0.717) is 19.1 Å². The summed E-state index contributed by atoms with van der Waals surface area (Å²) in [7, 11) is 1.64. The molecule has 1 saturated heterocycles. The first-order chi connectivity index (χ1) is 15.2. The van der Waals surface area contributed by atoms with E-state index in [1.165, 1.54) is 19.3 Å². The third kappa shape index (κ3) is 5.12. The Hall–Kier alpha value is -1.92. The molecule has 31 heavy (non-hydrogen) atoms. The van der Waals surface area contributed by atoms with Crippen molar-refractivity contribution in [3.05, 3.63) is 34.7 Å². The number of amides is 2. The highest BCUT2D eigenvalue weighted by atomic mass is 32.1. The largest absolute Gasteiger partial charge is 0.383 e. The van der Waals surface area contributed by atoms with Crippen LogP contribution in [-0.4, -0.2) is 49.6 Å². The number of likely N-dealkylation sites (tertiary alicyclic amines) is 1. The quantitative estimate of drug-likeness (QED) is 0.628. The van der Waals surface area contributed by atoms with Gasteiger partial charge in [-0.25, -0.2) is 0 Å². The number of hydrogen-bond acceptors (Lipinski definition) is 4. The van der Waals surface area contributed by atoms with Crippen LogP contribution in [0.2, 0.25) is 0 Å². The van der Waals surface area contributed by atoms with Crippen molar-refractivity contribution < 1.29 is 14.3 Å². The molecule has 2 fully saturated rings. The molecular weight excluding hydrogens is 408 g/mol. The van der Waals surface area contributed by atoms with Crippen LogP contribution in [0.5, 0.6) is 0 Å². The second-order valence-electron chi connectivity index (χ2n) is 8.87. The summed E-state index contributed by atoms with van der Waals surface area (Å²) in [6, 6.07) is 8.45. The van der Waals surface area contributed by atoms with Crippen LogP contribution in [0, 0.1) is 5.92 Å². The molecule has 4 rings (SSSR count). The summed E-state index contributed by atoms with van der Waals surface area (Å²) >= 11 is 1.56. The lowest BCUT2D eigenvalue weighted by Crippen LogP contribution is -2.44. The lowest BCUT2D eigenvalue weighted by Gasteiger charge is -2.32. The second kappa shape index (κ2) is 10.6. The fraction of sp³-hybridized carbons (Fsp3) is 0.600. The van der Waals surface area contributed by atoms with E-state index in [2.05, 4.69) is 22.3 Å². The number of hydrogen-bond donors (Lipinski definition) is 1. The van der Waals surface area contributed by atoms with E-state index in [-0.39, 0.29) is 17.9 Å². The van der Waals surface area contributed by atoms with Crippen LogP contribution in [0.1, 0.15) is 66.6 Å². The summed E-state index contributed by atoms with van der Waals surface area (Å²) in [5, 5.41) is 4.15. The molecule has 2 amide bonds. The van der Waals surface area contributed by atoms with E-state index in [9.17, 15) is 9.59 Å². The zero-order chi connectivity index (χ0) is 21.6. The number of carbonyl (C=O) groups is 2. The Balaban J connectivity index is 1.62. The van der Waals surface area contributed by atoms with Gasteiger partial charge >= 0.3 is 0 Å². The number of ether oxygens (including phenoxy) is 1. The zero-order valence-electron chi connectivity index (χ0n) is 18.5. The first-order valence-corrected chi connectivity index (χ1v) is 12.6. The number of nitrogens with one attached hydrogen (secondary N) is 1. The number of methoxy groups -OCH3 is 1. The molecule has 1 aromatic heterocycles. The van der Waals surface area contributed by atoms with Crippen molar-refractivity contribution in [2.45, 2.75) is 63.8 Å². The molecule has 1 aromatic carbocycles. The molecule has 1 saturated carbocycles. The van der Waals surface area contributed by atoms with Crippen molar-refractivity contribution in [2.75, 3.05) is 26.8 Å². The van der Waals surface area contributed by atoms with Crippen LogP contribution in [0.3, 0.4) is 0 Å². The molecule has 168 valence electrons. The Morgan fingerprint density at radius 1 is 1.10 bits per heavy atom. The molecule has 1 aliphatic carbocycles. The Morgan fingerprint density at radius 3 is 2.68 bits per heavy atom. The van der Waals surface area contributed by atoms with Crippen molar-refractivity contribution in [3.8, 4) is 0 Å². The van der Waals surface area contributed by atoms with Crippen LogP contribution < -0.4 is 5.32 Å². The van der Waals surface area contributed by atoms with Crippen molar-refractivity contribution in [1.82, 2.24) is 10.2 Å². The van der Waals surface area contributed by atoms with E-state index in [1.807, 2.05) is 12.1 Å². The normalized spacial score (nSPS) is 20.2. The number of rotatable bonds is 7. The Bertz CT molecular complexity index is 903. The maximum absolute atomic E-state index is 13.4. The van der Waals surface area contributed by atoms with Gasteiger partial charge in [0.25, 0.3) is 5.91 Å². The Kier molecular flexibility index (Phi) is 7.62. The SMILES string of the molecule is COCCNC(=O)c1sc2ccccc2c1C[C@H]1CCCCCN1C(=O)C1CCCC1. The molecule has 0 bridgehead atoms. The summed E-state index contributed by atoms with van der Waals surface area (Å²) in [6.07, 6.45) is 9.63. The van der Waals surface area contributed by atoms with Gasteiger partial charge in [-0.05, 0) is 49.1 Å². The monoisotopic (exact) mass is 442 g/mol. The summed E-state index contributed by atoms with van der Waals surface area (Å²) in [6.45, 7) is 1.86. The van der Waals surface area contributed by atoms with Crippen LogP contribution in [0.4, 0.5) is 0 Å². The smallest absolute Gasteiger partial charge is 0.261 e. The van der Waals surface area contributed by atoms with Gasteiger partial charge in [0.15, 0.2) is 0 Å². The second-order valence-corrected chi connectivity index (χ2v) is 9.93. The minimum absolute atomic E-state index is 0.0319. The molecule has 0 radical (unpaired) electrons. The molecule has 1 atom stereocenters. The molecule has 6 heteroatoms. The number of nitrogens with zero attached hydrogens (tertiary/aromatic N) is 1. The maximum atomic E-state index is 13.4. The van der Waals surface area contributed by atoms with Gasteiger partial charge in [0.2, 0.25) is 5.91 Å². The van der Waals surface area contributed by atoms with Crippen molar-refractivity contribution >= 4 is 33.2 Å². The van der Waals surface area contributed by atoms with Crippen LogP contribution in [-0.2, 0) is 16.0 Å². The van der Waals surface area contributed by atoms with Crippen LogP contribution in [0.25, 0.3) is 10.1 Å². The van der Waals surface area contributed by atoms with Crippen LogP contribution >= 0.6 is 11.3 Å². The van der Waals surface area contributed by atoms with Gasteiger partial charge in [0.1, 0.15) is 0 Å². The Morgan fingerprint density at radius 2 is 1.87 bits per heavy atom. The number of fused-ring (bicyclic) bond motifs is 1. The average molecular weight is 443 g/mol. The molecule has 2 aromatic rings. The van der Waals surface area contributed by atoms with Gasteiger partial charge in [-0.15, -0.1) is 11.3 Å². The molecule has 2 heterocycles. The number of carbonyl (C=O) groups excluding carboxylic acids is 2. The predicted molar refractivity (Wildman–Crippen MR) is 126 cm³/mol. The number of benzene rings is 1. The summed E-state index contributed by atoms with van der Waals surface area (Å²) < 4.78 is 6.22. The Labute approximate surface area is 189 Å². The van der Waals surface area contributed by atoms with E-state index in [0.717, 1.165) is 65.6 Å². The molecule has 2 aliphatic rings. The van der Waals surface area contributed by atoms with Gasteiger partial charge < -0.3 is 15.0 Å². The summed E-state index contributed by atoms with van der Waals surface area (Å²) in [5.41, 5.74) is 1.10. The fourth-order valence-electron chi connectivity index (χ4n) is 5.15. The van der Waals surface area contributed by atoms with Crippen molar-refractivity contribution in [1.29, 1.82) is 0 Å². The van der Waals surface area contributed by atoms with Crippen molar-refractivity contribution in [3.63, 3.8) is 0 Å². The van der Waals surface area contributed by atoms with E-state index < -0.39 is 0 Å². The lowest BCUT2D eigenvalue weighted by molar-refractivity contribution is -0.137. The molecule has 1 N–H and O–H groups in total. The third-order valence-corrected chi connectivity index (χ3v) is 8.01. The summed E-state index contributed by atoms with van der Waals surface area (Å²) in [4.78, 5) is 29.4. The lowest BCUT2D eigenvalue weighted by atomic mass is 9.96. The van der Waals surface area contributed by atoms with Gasteiger partial charge in [0, 0.05) is 36.9 Å². The van der Waals surface area contributed by atoms with Gasteiger partial charge in [-0.1, -0.05) is 43.9 Å². The van der Waals surface area contributed by atoms with Crippen LogP contribution in [0.15, 0.2) is 24.3 Å². The predicted octanol–water partition coefficient (Wildman–Crippen LogP) is 4.78. The molecule has 0 unspecified atom stereocenters. The third-order valence-electron chi connectivity index (χ3n) is 6.80. The van der Waals surface area contributed by atoms with Gasteiger partial charge in [-0.2, -0.15) is 0 Å². The minimum atomic E-state index is -0.0319. The molecule has 5 nitrogen and oxygen atoms in total. The minimum Gasteiger partial charge on any atom is -0.383 e. The topological polar surface area (TPSA) is 58.6 Å². The average Bonchev–Trinajstić information content (AvgIpc) is 3.38. The van der Waals surface area contributed by atoms with Gasteiger partial charge in [-0.3, -0.25) is 9.59 Å². The molecule has 0 spiro atoms. The highest BCUT2D eigenvalue weighted by Gasteiger charge is 2.33. The zero-order valence-corrected chi connectivity index (χ0v) is 19.3. The standard InChI is InChI=1S/C25H34N2O3S/c1-30-16-14-26-24(28)23-21(20-12-6-7-13-22(20)31-23)17-19-11-3-2-8-15-27(19)25(29)18-9-4-5-10-18/h6-7,12-13,18-19H,2-5,8-11,14-17H2,1H3,(H,26,28)/t19-/m1/s1. The molecule has 1 aliphatic heterocycles. The van der Waals surface area contributed by atoms with E-state index in [4.69, 9.17) is 4.74 Å². The molecular formula is C25H34N2O3S. The highest BCUT2D eigenvalue weighted by Crippen LogP contribution is 2.35.